The molecule has 5 nitrogen and oxygen atoms in total. The quantitative estimate of drug-likeness (QED) is 0.929. The minimum absolute atomic E-state index is 0.297. The SMILES string of the molecule is Fc1ccc(Oc2cnccn2)cc1[C@@H]1CNCCO1. The van der Waals surface area contributed by atoms with Crippen LogP contribution in [0, 0.1) is 5.82 Å². The largest absolute Gasteiger partial charge is 0.437 e. The van der Waals surface area contributed by atoms with Crippen molar-refractivity contribution in [2.45, 2.75) is 6.10 Å². The van der Waals surface area contributed by atoms with E-state index in [9.17, 15) is 4.39 Å². The second kappa shape index (κ2) is 5.94. The molecular weight excluding hydrogens is 261 g/mol. The van der Waals surface area contributed by atoms with Gasteiger partial charge in [-0.2, -0.15) is 0 Å². The van der Waals surface area contributed by atoms with E-state index in [0.717, 1.165) is 6.54 Å². The summed E-state index contributed by atoms with van der Waals surface area (Å²) in [5, 5.41) is 3.17. The van der Waals surface area contributed by atoms with Gasteiger partial charge in [-0.25, -0.2) is 9.37 Å². The van der Waals surface area contributed by atoms with E-state index < -0.39 is 0 Å². The van der Waals surface area contributed by atoms with Crippen LogP contribution in [0.25, 0.3) is 0 Å². The first-order chi connectivity index (χ1) is 9.83. The first-order valence-electron chi connectivity index (χ1n) is 6.38. The fourth-order valence-corrected chi connectivity index (χ4v) is 2.06. The van der Waals surface area contributed by atoms with Crippen LogP contribution >= 0.6 is 0 Å². The number of benzene rings is 1. The maximum absolute atomic E-state index is 13.9. The first kappa shape index (κ1) is 13.0. The van der Waals surface area contributed by atoms with Gasteiger partial charge in [0.15, 0.2) is 0 Å². The summed E-state index contributed by atoms with van der Waals surface area (Å²) >= 11 is 0. The predicted molar refractivity (Wildman–Crippen MR) is 70.1 cm³/mol. The van der Waals surface area contributed by atoms with Crippen LogP contribution in [0.15, 0.2) is 36.8 Å². The van der Waals surface area contributed by atoms with Crippen molar-refractivity contribution in [2.75, 3.05) is 19.7 Å². The zero-order valence-corrected chi connectivity index (χ0v) is 10.8. The Morgan fingerprint density at radius 1 is 1.35 bits per heavy atom. The Kier molecular flexibility index (Phi) is 3.85. The van der Waals surface area contributed by atoms with Crippen molar-refractivity contribution in [1.29, 1.82) is 0 Å². The van der Waals surface area contributed by atoms with Crippen molar-refractivity contribution in [1.82, 2.24) is 15.3 Å². The lowest BCUT2D eigenvalue weighted by Gasteiger charge is -2.24. The fourth-order valence-electron chi connectivity index (χ4n) is 2.06. The Morgan fingerprint density at radius 3 is 3.05 bits per heavy atom. The molecule has 2 aromatic rings. The van der Waals surface area contributed by atoms with Crippen molar-refractivity contribution in [3.8, 4) is 11.6 Å². The van der Waals surface area contributed by atoms with Gasteiger partial charge in [0.05, 0.1) is 18.9 Å². The minimum Gasteiger partial charge on any atom is -0.437 e. The molecule has 20 heavy (non-hydrogen) atoms. The first-order valence-corrected chi connectivity index (χ1v) is 6.38. The highest BCUT2D eigenvalue weighted by Crippen LogP contribution is 2.27. The van der Waals surface area contributed by atoms with Crippen molar-refractivity contribution < 1.29 is 13.9 Å². The van der Waals surface area contributed by atoms with E-state index in [1.807, 2.05) is 0 Å². The normalized spacial score (nSPS) is 18.8. The molecule has 1 aliphatic rings. The third-order valence-electron chi connectivity index (χ3n) is 3.00. The maximum atomic E-state index is 13.9. The molecule has 1 saturated heterocycles. The Morgan fingerprint density at radius 2 is 2.30 bits per heavy atom. The van der Waals surface area contributed by atoms with Gasteiger partial charge in [0, 0.05) is 31.0 Å². The molecule has 1 aromatic heterocycles. The topological polar surface area (TPSA) is 56.3 Å². The predicted octanol–water partition coefficient (Wildman–Crippen LogP) is 2.07. The average molecular weight is 275 g/mol. The highest BCUT2D eigenvalue weighted by atomic mass is 19.1. The number of halogens is 1. The van der Waals surface area contributed by atoms with E-state index in [0.29, 0.717) is 30.3 Å². The molecule has 6 heteroatoms. The van der Waals surface area contributed by atoms with Crippen LogP contribution in [0.2, 0.25) is 0 Å². The Hall–Kier alpha value is -2.05. The highest BCUT2D eigenvalue weighted by molar-refractivity contribution is 5.33. The van der Waals surface area contributed by atoms with Gasteiger partial charge in [-0.05, 0) is 18.2 Å². The van der Waals surface area contributed by atoms with E-state index in [4.69, 9.17) is 9.47 Å². The van der Waals surface area contributed by atoms with Gasteiger partial charge in [-0.15, -0.1) is 0 Å². The molecule has 0 bridgehead atoms. The summed E-state index contributed by atoms with van der Waals surface area (Å²) in [6.07, 6.45) is 4.30. The Bertz CT molecular complexity index is 574. The average Bonchev–Trinajstić information content (AvgIpc) is 2.51. The lowest BCUT2D eigenvalue weighted by molar-refractivity contribution is 0.0254. The van der Waals surface area contributed by atoms with Gasteiger partial charge in [-0.3, -0.25) is 4.98 Å². The van der Waals surface area contributed by atoms with Gasteiger partial charge >= 0.3 is 0 Å². The van der Waals surface area contributed by atoms with Crippen LogP contribution in [0.3, 0.4) is 0 Å². The second-order valence-electron chi connectivity index (χ2n) is 4.39. The van der Waals surface area contributed by atoms with Crippen molar-refractivity contribution in [3.63, 3.8) is 0 Å². The molecule has 104 valence electrons. The zero-order valence-electron chi connectivity index (χ0n) is 10.8. The molecule has 0 spiro atoms. The number of morpholine rings is 1. The molecule has 3 rings (SSSR count). The zero-order chi connectivity index (χ0) is 13.8. The van der Waals surface area contributed by atoms with Crippen LogP contribution in [-0.2, 0) is 4.74 Å². The summed E-state index contributed by atoms with van der Waals surface area (Å²) in [5.41, 5.74) is 0.485. The van der Waals surface area contributed by atoms with E-state index in [-0.39, 0.29) is 11.9 Å². The lowest BCUT2D eigenvalue weighted by Crippen LogP contribution is -2.33. The van der Waals surface area contributed by atoms with Gasteiger partial charge < -0.3 is 14.8 Å². The molecule has 1 atom stereocenters. The summed E-state index contributed by atoms with van der Waals surface area (Å²) in [5.74, 6) is 0.578. The molecule has 0 saturated carbocycles. The summed E-state index contributed by atoms with van der Waals surface area (Å²) < 4.78 is 25.0. The minimum atomic E-state index is -0.301. The monoisotopic (exact) mass is 275 g/mol. The van der Waals surface area contributed by atoms with E-state index >= 15 is 0 Å². The van der Waals surface area contributed by atoms with Gasteiger partial charge in [0.25, 0.3) is 0 Å². The van der Waals surface area contributed by atoms with Crippen LogP contribution in [0.5, 0.6) is 11.6 Å². The highest BCUT2D eigenvalue weighted by Gasteiger charge is 2.20. The molecule has 0 amide bonds. The van der Waals surface area contributed by atoms with Crippen molar-refractivity contribution >= 4 is 0 Å². The van der Waals surface area contributed by atoms with Crippen LogP contribution in [-0.4, -0.2) is 29.7 Å². The standard InChI is InChI=1S/C14H14FN3O2/c15-12-2-1-10(20-14-9-16-3-4-18-14)7-11(12)13-8-17-5-6-19-13/h1-4,7,9,13,17H,5-6,8H2/t13-/m0/s1. The molecule has 1 fully saturated rings. The van der Waals surface area contributed by atoms with Crippen LogP contribution in [0.4, 0.5) is 4.39 Å². The van der Waals surface area contributed by atoms with Crippen molar-refractivity contribution in [2.24, 2.45) is 0 Å². The number of ether oxygens (including phenoxy) is 2. The molecule has 0 aliphatic carbocycles. The summed E-state index contributed by atoms with van der Waals surface area (Å²) in [6.45, 7) is 1.94. The Labute approximate surface area is 115 Å². The van der Waals surface area contributed by atoms with E-state index in [1.165, 1.54) is 18.5 Å². The van der Waals surface area contributed by atoms with Crippen LogP contribution < -0.4 is 10.1 Å². The molecule has 0 radical (unpaired) electrons. The number of hydrogen-bond acceptors (Lipinski definition) is 5. The second-order valence-corrected chi connectivity index (χ2v) is 4.39. The number of rotatable bonds is 3. The molecule has 1 aliphatic heterocycles. The van der Waals surface area contributed by atoms with Crippen molar-refractivity contribution in [3.05, 3.63) is 48.2 Å². The van der Waals surface area contributed by atoms with Gasteiger partial charge in [0.1, 0.15) is 11.6 Å². The lowest BCUT2D eigenvalue weighted by atomic mass is 10.1. The smallest absolute Gasteiger partial charge is 0.237 e. The summed E-state index contributed by atoms with van der Waals surface area (Å²) in [6, 6.07) is 4.57. The fraction of sp³-hybridized carbons (Fsp3) is 0.286. The maximum Gasteiger partial charge on any atom is 0.237 e. The molecule has 1 aromatic carbocycles. The number of nitrogens with one attached hydrogen (secondary N) is 1. The third kappa shape index (κ3) is 2.92. The molecular formula is C14H14FN3O2. The molecule has 1 N–H and O–H groups in total. The van der Waals surface area contributed by atoms with Gasteiger partial charge in [0.2, 0.25) is 5.88 Å². The van der Waals surface area contributed by atoms with Gasteiger partial charge in [-0.1, -0.05) is 0 Å². The Balaban J connectivity index is 1.82. The third-order valence-corrected chi connectivity index (χ3v) is 3.00. The number of aromatic nitrogens is 2. The number of nitrogens with zero attached hydrogens (tertiary/aromatic N) is 2. The van der Waals surface area contributed by atoms with E-state index in [1.54, 1.807) is 18.3 Å². The molecule has 2 heterocycles. The molecule has 0 unspecified atom stereocenters. The summed E-state index contributed by atoms with van der Waals surface area (Å²) in [4.78, 5) is 7.93. The van der Waals surface area contributed by atoms with Crippen LogP contribution in [0.1, 0.15) is 11.7 Å². The summed E-state index contributed by atoms with van der Waals surface area (Å²) in [7, 11) is 0. The van der Waals surface area contributed by atoms with E-state index in [2.05, 4.69) is 15.3 Å². The number of hydrogen-bond donors (Lipinski definition) is 1.